The van der Waals surface area contributed by atoms with E-state index < -0.39 is 6.09 Å². The summed E-state index contributed by atoms with van der Waals surface area (Å²) in [7, 11) is 0. The van der Waals surface area contributed by atoms with Crippen molar-refractivity contribution in [2.24, 2.45) is 0 Å². The van der Waals surface area contributed by atoms with Gasteiger partial charge in [-0.3, -0.25) is 9.69 Å². The lowest BCUT2D eigenvalue weighted by Gasteiger charge is -2.26. The first-order valence-electron chi connectivity index (χ1n) is 5.87. The largest absolute Gasteiger partial charge is 0.465 e. The molecule has 1 saturated heterocycles. The maximum atomic E-state index is 11.4. The highest BCUT2D eigenvalue weighted by Gasteiger charge is 2.26. The molecule has 1 atom stereocenters. The zero-order valence-electron chi connectivity index (χ0n) is 10.6. The Morgan fingerprint density at radius 2 is 2.35 bits per heavy atom. The van der Waals surface area contributed by atoms with E-state index in [9.17, 15) is 9.59 Å². The molecule has 0 spiro atoms. The van der Waals surface area contributed by atoms with Crippen molar-refractivity contribution >= 4 is 12.1 Å². The second kappa shape index (κ2) is 6.44. The van der Waals surface area contributed by atoms with Gasteiger partial charge in [-0.2, -0.15) is 0 Å². The summed E-state index contributed by atoms with van der Waals surface area (Å²) >= 11 is 0. The van der Waals surface area contributed by atoms with Crippen molar-refractivity contribution < 1.29 is 19.1 Å². The van der Waals surface area contributed by atoms with Crippen molar-refractivity contribution in [2.75, 3.05) is 26.2 Å². The molecule has 17 heavy (non-hydrogen) atoms. The van der Waals surface area contributed by atoms with Crippen molar-refractivity contribution in [2.45, 2.75) is 32.9 Å². The van der Waals surface area contributed by atoms with Crippen LogP contribution in [0.2, 0.25) is 0 Å². The first kappa shape index (κ1) is 13.8. The van der Waals surface area contributed by atoms with E-state index in [0.717, 1.165) is 0 Å². The number of esters is 1. The number of hydrogen-bond acceptors (Lipinski definition) is 5. The quantitative estimate of drug-likeness (QED) is 0.684. The second-order valence-electron chi connectivity index (χ2n) is 4.24. The molecule has 0 saturated carbocycles. The minimum absolute atomic E-state index is 0.193. The number of ether oxygens (including phenoxy) is 2. The van der Waals surface area contributed by atoms with Crippen molar-refractivity contribution in [1.29, 1.82) is 0 Å². The summed E-state index contributed by atoms with van der Waals surface area (Å²) in [6, 6.07) is 0.193. The molecule has 98 valence electrons. The Bertz CT molecular complexity index is 281. The minimum Gasteiger partial charge on any atom is -0.465 e. The third-order valence-electron chi connectivity index (χ3n) is 2.55. The van der Waals surface area contributed by atoms with E-state index in [2.05, 4.69) is 5.32 Å². The molecule has 0 aromatic carbocycles. The lowest BCUT2D eigenvalue weighted by atomic mass is 10.2. The van der Waals surface area contributed by atoms with Crippen molar-refractivity contribution in [1.82, 2.24) is 10.2 Å². The first-order valence-corrected chi connectivity index (χ1v) is 5.87. The highest BCUT2D eigenvalue weighted by Crippen LogP contribution is 2.06. The third-order valence-corrected chi connectivity index (χ3v) is 2.55. The molecule has 1 heterocycles. The van der Waals surface area contributed by atoms with E-state index in [0.29, 0.717) is 19.7 Å². The van der Waals surface area contributed by atoms with Crippen molar-refractivity contribution in [3.8, 4) is 0 Å². The van der Waals surface area contributed by atoms with Crippen LogP contribution in [-0.2, 0) is 14.3 Å². The molecule has 0 bridgehead atoms. The molecule has 1 aliphatic heterocycles. The van der Waals surface area contributed by atoms with Crippen LogP contribution >= 0.6 is 0 Å². The van der Waals surface area contributed by atoms with Crippen LogP contribution in [0.15, 0.2) is 0 Å². The van der Waals surface area contributed by atoms with E-state index in [-0.39, 0.29) is 24.7 Å². The monoisotopic (exact) mass is 244 g/mol. The fourth-order valence-corrected chi connectivity index (χ4v) is 1.63. The van der Waals surface area contributed by atoms with E-state index in [1.165, 1.54) is 0 Å². The summed E-state index contributed by atoms with van der Waals surface area (Å²) in [6.45, 7) is 7.39. The zero-order chi connectivity index (χ0) is 12.8. The molecular formula is C11H20N2O4. The molecule has 1 fully saturated rings. The highest BCUT2D eigenvalue weighted by atomic mass is 16.6. The molecule has 1 aliphatic rings. The normalized spacial score (nSPS) is 19.4. The minimum atomic E-state index is -0.394. The van der Waals surface area contributed by atoms with E-state index in [4.69, 9.17) is 9.47 Å². The molecule has 0 radical (unpaired) electrons. The average molecular weight is 244 g/mol. The number of amides is 1. The van der Waals surface area contributed by atoms with Gasteiger partial charge in [-0.1, -0.05) is 0 Å². The highest BCUT2D eigenvalue weighted by molar-refractivity contribution is 5.71. The van der Waals surface area contributed by atoms with Gasteiger partial charge in [0.1, 0.15) is 6.10 Å². The summed E-state index contributed by atoms with van der Waals surface area (Å²) in [5.74, 6) is -0.251. The van der Waals surface area contributed by atoms with Crippen LogP contribution in [0.5, 0.6) is 0 Å². The molecule has 0 aromatic rings. The lowest BCUT2D eigenvalue weighted by molar-refractivity contribution is -0.145. The Morgan fingerprint density at radius 3 is 2.82 bits per heavy atom. The molecule has 1 amide bonds. The number of carbonyl (C=O) groups excluding carboxylic acids is 2. The van der Waals surface area contributed by atoms with Gasteiger partial charge >= 0.3 is 12.1 Å². The first-order chi connectivity index (χ1) is 8.02. The van der Waals surface area contributed by atoms with Crippen LogP contribution in [-0.4, -0.2) is 55.3 Å². The molecule has 6 heteroatoms. The maximum absolute atomic E-state index is 11.4. The van der Waals surface area contributed by atoms with Crippen LogP contribution in [0.4, 0.5) is 4.79 Å². The predicted octanol–water partition coefficient (Wildman–Crippen LogP) is 0.368. The summed E-state index contributed by atoms with van der Waals surface area (Å²) in [6.07, 6.45) is -0.589. The Labute approximate surface area is 101 Å². The van der Waals surface area contributed by atoms with Gasteiger partial charge in [-0.05, 0) is 20.8 Å². The Hall–Kier alpha value is -1.30. The Balaban J connectivity index is 2.43. The number of cyclic esters (lactones) is 1. The van der Waals surface area contributed by atoms with Gasteiger partial charge < -0.3 is 14.8 Å². The van der Waals surface area contributed by atoms with Gasteiger partial charge in [0.05, 0.1) is 19.7 Å². The molecule has 6 nitrogen and oxygen atoms in total. The van der Waals surface area contributed by atoms with E-state index in [1.54, 1.807) is 6.92 Å². The molecular weight excluding hydrogens is 224 g/mol. The van der Waals surface area contributed by atoms with Gasteiger partial charge in [0, 0.05) is 12.6 Å². The van der Waals surface area contributed by atoms with Gasteiger partial charge in [0.2, 0.25) is 0 Å². The van der Waals surface area contributed by atoms with Gasteiger partial charge in [0.25, 0.3) is 0 Å². The van der Waals surface area contributed by atoms with E-state index in [1.807, 2.05) is 18.7 Å². The number of rotatable bonds is 6. The van der Waals surface area contributed by atoms with E-state index >= 15 is 0 Å². The number of nitrogens with zero attached hydrogens (tertiary/aromatic N) is 1. The SMILES string of the molecule is CCOC(=O)CN(CC1CNC(=O)O1)C(C)C. The summed E-state index contributed by atoms with van der Waals surface area (Å²) < 4.78 is 9.94. The molecule has 1 unspecified atom stereocenters. The summed E-state index contributed by atoms with van der Waals surface area (Å²) in [4.78, 5) is 24.2. The third kappa shape index (κ3) is 4.60. The Kier molecular flexibility index (Phi) is 5.21. The van der Waals surface area contributed by atoms with Crippen LogP contribution in [0.1, 0.15) is 20.8 Å². The summed E-state index contributed by atoms with van der Waals surface area (Å²) in [5, 5.41) is 2.59. The summed E-state index contributed by atoms with van der Waals surface area (Å²) in [5.41, 5.74) is 0. The number of carbonyl (C=O) groups is 2. The van der Waals surface area contributed by atoms with Crippen molar-refractivity contribution in [3.05, 3.63) is 0 Å². The molecule has 1 rings (SSSR count). The predicted molar refractivity (Wildman–Crippen MR) is 61.6 cm³/mol. The fraction of sp³-hybridized carbons (Fsp3) is 0.818. The molecule has 0 aliphatic carbocycles. The van der Waals surface area contributed by atoms with Crippen LogP contribution in [0.25, 0.3) is 0 Å². The van der Waals surface area contributed by atoms with Crippen molar-refractivity contribution in [3.63, 3.8) is 0 Å². The lowest BCUT2D eigenvalue weighted by Crippen LogP contribution is -2.42. The maximum Gasteiger partial charge on any atom is 0.407 e. The van der Waals surface area contributed by atoms with Crippen LogP contribution in [0, 0.1) is 0 Å². The van der Waals surface area contributed by atoms with Gasteiger partial charge in [0.15, 0.2) is 0 Å². The topological polar surface area (TPSA) is 67.9 Å². The van der Waals surface area contributed by atoms with Gasteiger partial charge in [-0.25, -0.2) is 4.79 Å². The average Bonchev–Trinajstić information content (AvgIpc) is 2.63. The standard InChI is InChI=1S/C11H20N2O4/c1-4-16-10(14)7-13(8(2)3)6-9-5-12-11(15)17-9/h8-9H,4-7H2,1-3H3,(H,12,15). The van der Waals surface area contributed by atoms with Crippen LogP contribution < -0.4 is 5.32 Å². The Morgan fingerprint density at radius 1 is 1.65 bits per heavy atom. The van der Waals surface area contributed by atoms with Gasteiger partial charge in [-0.15, -0.1) is 0 Å². The number of nitrogens with one attached hydrogen (secondary N) is 1. The fourth-order valence-electron chi connectivity index (χ4n) is 1.63. The molecule has 0 aromatic heterocycles. The number of alkyl carbamates (subject to hydrolysis) is 1. The zero-order valence-corrected chi connectivity index (χ0v) is 10.6. The van der Waals surface area contributed by atoms with Crippen LogP contribution in [0.3, 0.4) is 0 Å². The number of hydrogen-bond donors (Lipinski definition) is 1. The second-order valence-corrected chi connectivity index (χ2v) is 4.24. The smallest absolute Gasteiger partial charge is 0.407 e. The molecule has 1 N–H and O–H groups in total.